The second kappa shape index (κ2) is 57.5. The van der Waals surface area contributed by atoms with Gasteiger partial charge < -0.3 is 33.8 Å². The number of carbonyl (C=O) groups excluding carboxylic acids is 4. The van der Waals surface area contributed by atoms with Crippen LogP contribution in [0.1, 0.15) is 324 Å². The van der Waals surface area contributed by atoms with Crippen LogP contribution in [-0.4, -0.2) is 96.7 Å². The van der Waals surface area contributed by atoms with Crippen molar-refractivity contribution >= 4 is 39.5 Å². The number of carbonyl (C=O) groups is 4. The zero-order chi connectivity index (χ0) is 62.2. The maximum Gasteiger partial charge on any atom is 0.472 e. The van der Waals surface area contributed by atoms with Gasteiger partial charge in [0.15, 0.2) is 12.2 Å². The molecule has 0 fully saturated rings. The highest BCUT2D eigenvalue weighted by atomic mass is 31.2. The van der Waals surface area contributed by atoms with Crippen LogP contribution >= 0.6 is 15.6 Å². The molecular formula is C65H126O17P2. The van der Waals surface area contributed by atoms with Crippen LogP contribution in [0.3, 0.4) is 0 Å². The van der Waals surface area contributed by atoms with Gasteiger partial charge >= 0.3 is 39.5 Å². The number of hydrogen-bond donors (Lipinski definition) is 3. The summed E-state index contributed by atoms with van der Waals surface area (Å²) in [6.07, 6.45) is 40.5. The minimum absolute atomic E-state index is 0.106. The molecule has 0 heterocycles. The Balaban J connectivity index is 5.18. The third-order valence-electron chi connectivity index (χ3n) is 15.3. The molecule has 0 rings (SSSR count). The fourth-order valence-corrected chi connectivity index (χ4v) is 11.3. The Labute approximate surface area is 511 Å². The molecule has 0 aromatic rings. The van der Waals surface area contributed by atoms with Crippen molar-refractivity contribution < 1.29 is 80.2 Å². The monoisotopic (exact) mass is 1240 g/mol. The van der Waals surface area contributed by atoms with Gasteiger partial charge in [-0.05, 0) is 37.5 Å². The molecular weight excluding hydrogens is 1110 g/mol. The van der Waals surface area contributed by atoms with Gasteiger partial charge in [0.1, 0.15) is 19.3 Å². The normalized spacial score (nSPS) is 14.6. The van der Waals surface area contributed by atoms with Crippen LogP contribution in [0, 0.1) is 11.8 Å². The lowest BCUT2D eigenvalue weighted by Gasteiger charge is -2.21. The van der Waals surface area contributed by atoms with E-state index in [2.05, 4.69) is 41.5 Å². The number of aliphatic hydroxyl groups excluding tert-OH is 1. The van der Waals surface area contributed by atoms with Gasteiger partial charge in [-0.1, -0.05) is 273 Å². The van der Waals surface area contributed by atoms with Gasteiger partial charge in [-0.15, -0.1) is 0 Å². The van der Waals surface area contributed by atoms with Gasteiger partial charge in [0, 0.05) is 25.7 Å². The van der Waals surface area contributed by atoms with E-state index in [1.165, 1.54) is 135 Å². The lowest BCUT2D eigenvalue weighted by molar-refractivity contribution is -0.161. The molecule has 3 N–H and O–H groups in total. The summed E-state index contributed by atoms with van der Waals surface area (Å²) in [6, 6.07) is 0. The lowest BCUT2D eigenvalue weighted by atomic mass is 9.99. The molecule has 0 amide bonds. The minimum Gasteiger partial charge on any atom is -0.462 e. The molecule has 3 unspecified atom stereocenters. The maximum absolute atomic E-state index is 13.0. The van der Waals surface area contributed by atoms with Crippen molar-refractivity contribution in [3.05, 3.63) is 0 Å². The number of unbranched alkanes of at least 4 members (excludes halogenated alkanes) is 33. The number of rotatable bonds is 64. The van der Waals surface area contributed by atoms with Crippen LogP contribution in [0.5, 0.6) is 0 Å². The summed E-state index contributed by atoms with van der Waals surface area (Å²) in [6.45, 7) is 9.43. The second-order valence-corrected chi connectivity index (χ2v) is 27.1. The predicted octanol–water partition coefficient (Wildman–Crippen LogP) is 18.0. The Morgan fingerprint density at radius 3 is 0.905 bits per heavy atom. The summed E-state index contributed by atoms with van der Waals surface area (Å²) >= 11 is 0. The van der Waals surface area contributed by atoms with E-state index in [1.807, 2.05) is 0 Å². The molecule has 0 saturated carbocycles. The molecule has 0 aliphatic heterocycles. The number of ether oxygens (including phenoxy) is 4. The summed E-state index contributed by atoms with van der Waals surface area (Å²) in [5.74, 6) is -0.587. The molecule has 498 valence electrons. The highest BCUT2D eigenvalue weighted by molar-refractivity contribution is 7.47. The van der Waals surface area contributed by atoms with Crippen molar-refractivity contribution in [3.63, 3.8) is 0 Å². The zero-order valence-electron chi connectivity index (χ0n) is 54.2. The Morgan fingerprint density at radius 1 is 0.345 bits per heavy atom. The van der Waals surface area contributed by atoms with Gasteiger partial charge in [-0.2, -0.15) is 0 Å². The van der Waals surface area contributed by atoms with Gasteiger partial charge in [-0.3, -0.25) is 37.3 Å². The number of hydrogen-bond acceptors (Lipinski definition) is 15. The Kier molecular flexibility index (Phi) is 56.2. The van der Waals surface area contributed by atoms with Crippen LogP contribution < -0.4 is 0 Å². The fraction of sp³-hybridized carbons (Fsp3) is 0.938. The molecule has 0 saturated heterocycles. The topological polar surface area (TPSA) is 237 Å². The van der Waals surface area contributed by atoms with Crippen LogP contribution in [0.25, 0.3) is 0 Å². The van der Waals surface area contributed by atoms with Crippen molar-refractivity contribution in [2.24, 2.45) is 11.8 Å². The van der Waals surface area contributed by atoms with Crippen molar-refractivity contribution in [2.75, 3.05) is 39.6 Å². The van der Waals surface area contributed by atoms with Gasteiger partial charge in [0.2, 0.25) is 0 Å². The Bertz CT molecular complexity index is 1650. The van der Waals surface area contributed by atoms with Crippen LogP contribution in [0.2, 0.25) is 0 Å². The quantitative estimate of drug-likeness (QED) is 0.0222. The SMILES string of the molecule is CCCCCCCCCCCCCCC(=O)O[C@H](COC(=O)CCCCCCC)COP(=O)(O)OC[C@H](O)COP(=O)(O)OC[C@@H](COC(=O)CCCCCCCCCCC(C)CC)OC(=O)CCCCCCCCCCCCCCC(C)C. The minimum atomic E-state index is -4.95. The lowest BCUT2D eigenvalue weighted by Crippen LogP contribution is -2.30. The molecule has 84 heavy (non-hydrogen) atoms. The number of phosphoric acid groups is 2. The number of esters is 4. The van der Waals surface area contributed by atoms with Crippen LogP contribution in [-0.2, 0) is 65.4 Å². The van der Waals surface area contributed by atoms with Crippen molar-refractivity contribution in [1.29, 1.82) is 0 Å². The predicted molar refractivity (Wildman–Crippen MR) is 335 cm³/mol. The van der Waals surface area contributed by atoms with Crippen molar-refractivity contribution in [2.45, 2.75) is 342 Å². The molecule has 0 aliphatic rings. The molecule has 17 nitrogen and oxygen atoms in total. The van der Waals surface area contributed by atoms with E-state index in [0.29, 0.717) is 25.7 Å². The number of phosphoric ester groups is 2. The average molecular weight is 1240 g/mol. The third kappa shape index (κ3) is 57.8. The first-order valence-corrected chi connectivity index (χ1v) is 37.0. The number of aliphatic hydroxyl groups is 1. The smallest absolute Gasteiger partial charge is 0.462 e. The van der Waals surface area contributed by atoms with E-state index in [9.17, 15) is 43.2 Å². The van der Waals surface area contributed by atoms with Gasteiger partial charge in [-0.25, -0.2) is 9.13 Å². The summed E-state index contributed by atoms with van der Waals surface area (Å²) in [5.41, 5.74) is 0. The van der Waals surface area contributed by atoms with Crippen molar-refractivity contribution in [1.82, 2.24) is 0 Å². The standard InChI is InChI=1S/C65H126O17P2/c1-7-10-12-14-15-16-17-21-24-31-37-43-49-64(69)81-60(53-75-62(67)47-41-33-13-11-8-2)55-79-83(71,72)77-51-59(66)52-78-84(73,74)80-56-61(54-76-63(68)48-42-36-30-27-26-29-35-40-46-58(6)9-3)82-65(70)50-44-38-32-25-22-19-18-20-23-28-34-39-45-57(4)5/h57-61,66H,7-56H2,1-6H3,(H,71,72)(H,73,74)/t58?,59-,60+,61+/m0/s1. The van der Waals surface area contributed by atoms with E-state index >= 15 is 0 Å². The van der Waals surface area contributed by atoms with E-state index in [-0.39, 0.29) is 25.7 Å². The highest BCUT2D eigenvalue weighted by Crippen LogP contribution is 2.45. The highest BCUT2D eigenvalue weighted by Gasteiger charge is 2.30. The zero-order valence-corrected chi connectivity index (χ0v) is 56.0. The van der Waals surface area contributed by atoms with E-state index in [0.717, 1.165) is 108 Å². The second-order valence-electron chi connectivity index (χ2n) is 24.2. The largest absolute Gasteiger partial charge is 0.472 e. The molecule has 0 aromatic heterocycles. The molecule has 0 radical (unpaired) electrons. The molecule has 19 heteroatoms. The van der Waals surface area contributed by atoms with Gasteiger partial charge in [0.05, 0.1) is 26.4 Å². The van der Waals surface area contributed by atoms with E-state index in [1.54, 1.807) is 0 Å². The molecule has 0 aromatic carbocycles. The van der Waals surface area contributed by atoms with Gasteiger partial charge in [0.25, 0.3) is 0 Å². The van der Waals surface area contributed by atoms with Crippen LogP contribution in [0.4, 0.5) is 0 Å². The Hall–Kier alpha value is -1.94. The van der Waals surface area contributed by atoms with Crippen molar-refractivity contribution in [3.8, 4) is 0 Å². The molecule has 0 spiro atoms. The summed E-state index contributed by atoms with van der Waals surface area (Å²) in [4.78, 5) is 72.1. The summed E-state index contributed by atoms with van der Waals surface area (Å²) in [5, 5.41) is 10.5. The van der Waals surface area contributed by atoms with E-state index in [4.69, 9.17) is 37.0 Å². The average Bonchev–Trinajstić information content (AvgIpc) is 3.57. The first kappa shape index (κ1) is 82.1. The molecule has 0 bridgehead atoms. The summed E-state index contributed by atoms with van der Waals surface area (Å²) < 4.78 is 67.9. The summed E-state index contributed by atoms with van der Waals surface area (Å²) in [7, 11) is -9.88. The first-order valence-electron chi connectivity index (χ1n) is 34.0. The fourth-order valence-electron chi connectivity index (χ4n) is 9.68. The third-order valence-corrected chi connectivity index (χ3v) is 17.2. The first-order chi connectivity index (χ1) is 40.4. The molecule has 0 aliphatic carbocycles. The Morgan fingerprint density at radius 2 is 0.607 bits per heavy atom. The molecule has 6 atom stereocenters. The van der Waals surface area contributed by atoms with Crippen LogP contribution in [0.15, 0.2) is 0 Å². The maximum atomic E-state index is 13.0. The van der Waals surface area contributed by atoms with E-state index < -0.39 is 97.5 Å².